The van der Waals surface area contributed by atoms with E-state index in [9.17, 15) is 4.79 Å². The predicted molar refractivity (Wildman–Crippen MR) is 140 cm³/mol. The quantitative estimate of drug-likeness (QED) is 0.317. The second-order valence-corrected chi connectivity index (χ2v) is 8.92. The van der Waals surface area contributed by atoms with Gasteiger partial charge in [0.1, 0.15) is 17.8 Å². The van der Waals surface area contributed by atoms with E-state index in [1.807, 2.05) is 19.3 Å². The van der Waals surface area contributed by atoms with Crippen LogP contribution >= 0.6 is 0 Å². The van der Waals surface area contributed by atoms with Crippen LogP contribution in [0, 0.1) is 0 Å². The molecular formula is C25H24N12O2. The lowest BCUT2D eigenvalue weighted by Crippen LogP contribution is -2.38. The molecule has 1 saturated heterocycles. The Hall–Kier alpha value is -5.27. The second-order valence-electron chi connectivity index (χ2n) is 8.92. The maximum atomic E-state index is 13.1. The van der Waals surface area contributed by atoms with Gasteiger partial charge in [0.25, 0.3) is 5.91 Å². The number of carbonyl (C=O) groups excluding carboxylic acids is 1. The monoisotopic (exact) mass is 524 g/mol. The van der Waals surface area contributed by atoms with Crippen LogP contribution in [0.15, 0.2) is 61.7 Å². The highest BCUT2D eigenvalue weighted by Gasteiger charge is 2.19. The Morgan fingerprint density at radius 1 is 1.10 bits per heavy atom. The molecule has 1 aliphatic heterocycles. The largest absolute Gasteiger partial charge is 0.497 e. The molecule has 1 amide bonds. The number of anilines is 2. The number of ether oxygens (including phenoxy) is 1. The van der Waals surface area contributed by atoms with Crippen LogP contribution in [0.2, 0.25) is 0 Å². The molecule has 6 rings (SSSR count). The summed E-state index contributed by atoms with van der Waals surface area (Å²) in [6.45, 7) is 3.97. The minimum absolute atomic E-state index is 0.123. The third kappa shape index (κ3) is 4.86. The minimum atomic E-state index is -0.425. The van der Waals surface area contributed by atoms with Gasteiger partial charge in [-0.25, -0.2) is 15.0 Å². The first-order valence-corrected chi connectivity index (χ1v) is 12.3. The molecule has 0 radical (unpaired) electrons. The zero-order valence-corrected chi connectivity index (χ0v) is 21.2. The Kier molecular flexibility index (Phi) is 6.32. The van der Waals surface area contributed by atoms with Crippen molar-refractivity contribution in [2.24, 2.45) is 0 Å². The van der Waals surface area contributed by atoms with E-state index in [1.54, 1.807) is 48.6 Å². The molecule has 5 heterocycles. The topological polar surface area (TPSA) is 155 Å². The Balaban J connectivity index is 1.19. The number of aromatic nitrogens is 10. The number of amides is 1. The zero-order chi connectivity index (χ0) is 26.8. The summed E-state index contributed by atoms with van der Waals surface area (Å²) in [6.07, 6.45) is 12.6. The molecule has 1 aromatic carbocycles. The van der Waals surface area contributed by atoms with Gasteiger partial charge in [0, 0.05) is 42.8 Å². The maximum Gasteiger partial charge on any atom is 0.275 e. The van der Waals surface area contributed by atoms with E-state index in [1.165, 1.54) is 23.6 Å². The van der Waals surface area contributed by atoms with Gasteiger partial charge >= 0.3 is 0 Å². The Morgan fingerprint density at radius 3 is 2.67 bits per heavy atom. The number of carbonyl (C=O) groups is 1. The van der Waals surface area contributed by atoms with E-state index in [2.05, 4.69) is 50.8 Å². The first-order chi connectivity index (χ1) is 19.1. The average Bonchev–Trinajstić information content (AvgIpc) is 3.65. The van der Waals surface area contributed by atoms with Gasteiger partial charge in [0.2, 0.25) is 5.95 Å². The van der Waals surface area contributed by atoms with Crippen molar-refractivity contribution >= 4 is 17.5 Å². The van der Waals surface area contributed by atoms with Crippen LogP contribution < -0.4 is 15.0 Å². The average molecular weight is 525 g/mol. The van der Waals surface area contributed by atoms with Crippen LogP contribution in [-0.2, 0) is 0 Å². The molecule has 0 saturated carbocycles. The number of rotatable bonds is 8. The highest BCUT2D eigenvalue weighted by Crippen LogP contribution is 2.29. The summed E-state index contributed by atoms with van der Waals surface area (Å²) >= 11 is 0. The summed E-state index contributed by atoms with van der Waals surface area (Å²) in [5.74, 6) is 0.930. The van der Waals surface area contributed by atoms with Crippen molar-refractivity contribution in [1.82, 2.24) is 49.9 Å². The van der Waals surface area contributed by atoms with Crippen molar-refractivity contribution < 1.29 is 9.53 Å². The molecule has 0 spiro atoms. The number of tetrazole rings is 1. The molecule has 1 atom stereocenters. The zero-order valence-electron chi connectivity index (χ0n) is 21.2. The van der Waals surface area contributed by atoms with Gasteiger partial charge in [-0.05, 0) is 42.0 Å². The summed E-state index contributed by atoms with van der Waals surface area (Å²) in [4.78, 5) is 33.0. The molecular weight excluding hydrogens is 500 g/mol. The highest BCUT2D eigenvalue weighted by atomic mass is 16.5. The summed E-state index contributed by atoms with van der Waals surface area (Å²) < 4.78 is 8.62. The number of benzene rings is 1. The van der Waals surface area contributed by atoms with Gasteiger partial charge < -0.3 is 15.0 Å². The molecule has 5 aromatic rings. The summed E-state index contributed by atoms with van der Waals surface area (Å²) in [6, 6.07) is 5.25. The van der Waals surface area contributed by atoms with Gasteiger partial charge in [0.15, 0.2) is 0 Å². The molecule has 1 fully saturated rings. The maximum absolute atomic E-state index is 13.1. The van der Waals surface area contributed by atoms with Gasteiger partial charge in [-0.1, -0.05) is 0 Å². The van der Waals surface area contributed by atoms with Crippen molar-refractivity contribution in [3.05, 3.63) is 73.0 Å². The number of methoxy groups -OCH3 is 1. The Labute approximate surface area is 222 Å². The van der Waals surface area contributed by atoms with E-state index in [-0.39, 0.29) is 11.7 Å². The minimum Gasteiger partial charge on any atom is -0.497 e. The lowest BCUT2D eigenvalue weighted by molar-refractivity contribution is 0.102. The van der Waals surface area contributed by atoms with E-state index in [0.29, 0.717) is 28.4 Å². The molecule has 14 nitrogen and oxygen atoms in total. The van der Waals surface area contributed by atoms with Crippen molar-refractivity contribution in [1.29, 1.82) is 0 Å². The Bertz CT molecular complexity index is 1600. The van der Waals surface area contributed by atoms with E-state index in [4.69, 9.17) is 4.74 Å². The predicted octanol–water partition coefficient (Wildman–Crippen LogP) is 2.19. The molecule has 196 valence electrons. The van der Waals surface area contributed by atoms with Crippen LogP contribution in [0.1, 0.15) is 35.4 Å². The van der Waals surface area contributed by atoms with Crippen LogP contribution in [0.25, 0.3) is 16.9 Å². The van der Waals surface area contributed by atoms with Gasteiger partial charge in [-0.2, -0.15) is 9.78 Å². The van der Waals surface area contributed by atoms with Crippen molar-refractivity contribution in [3.63, 3.8) is 0 Å². The first-order valence-electron chi connectivity index (χ1n) is 12.3. The third-order valence-electron chi connectivity index (χ3n) is 6.48. The van der Waals surface area contributed by atoms with Crippen molar-refractivity contribution in [2.75, 3.05) is 30.4 Å². The normalized spacial score (nSPS) is 13.5. The lowest BCUT2D eigenvalue weighted by atomic mass is 10.1. The molecule has 14 heteroatoms. The SMILES string of the molecule is COc1ccc(-n2cnnn2)c(-c2cncc(C(=O)Nc3cnn([C@@H](C)c4cnc(N5CCC5)nc4)c3)n2)c1. The van der Waals surface area contributed by atoms with Crippen molar-refractivity contribution in [2.45, 2.75) is 19.4 Å². The van der Waals surface area contributed by atoms with Crippen molar-refractivity contribution in [3.8, 4) is 22.7 Å². The standard InChI is InChI=1S/C25H24N12O2/c1-16(17-9-27-25(28-10-17)35-6-3-7-35)36-14-18(11-30-36)31-24(38)22-13-26-12-21(32-22)20-8-19(39-2)4-5-23(20)37-15-29-33-34-37/h4-5,8-16H,3,6-7H2,1-2H3,(H,31,38)/t16-/m0/s1. The third-order valence-corrected chi connectivity index (χ3v) is 6.48. The van der Waals surface area contributed by atoms with E-state index in [0.717, 1.165) is 24.6 Å². The molecule has 1 aliphatic rings. The van der Waals surface area contributed by atoms with Gasteiger partial charge in [-0.3, -0.25) is 14.5 Å². The van der Waals surface area contributed by atoms with Crippen LogP contribution in [0.4, 0.5) is 11.6 Å². The number of nitrogens with one attached hydrogen (secondary N) is 1. The van der Waals surface area contributed by atoms with E-state index < -0.39 is 5.91 Å². The summed E-state index contributed by atoms with van der Waals surface area (Å²) in [7, 11) is 1.57. The summed E-state index contributed by atoms with van der Waals surface area (Å²) in [5.41, 5.74) is 3.33. The molecule has 4 aromatic heterocycles. The van der Waals surface area contributed by atoms with Gasteiger partial charge in [-0.15, -0.1) is 5.10 Å². The second kappa shape index (κ2) is 10.2. The molecule has 0 aliphatic carbocycles. The number of nitrogens with zero attached hydrogens (tertiary/aromatic N) is 11. The van der Waals surface area contributed by atoms with Crippen LogP contribution in [-0.4, -0.2) is 76.0 Å². The fourth-order valence-electron chi connectivity index (χ4n) is 4.11. The van der Waals surface area contributed by atoms with Crippen LogP contribution in [0.3, 0.4) is 0 Å². The fraction of sp³-hybridized carbons (Fsp3) is 0.240. The highest BCUT2D eigenvalue weighted by molar-refractivity contribution is 6.02. The smallest absolute Gasteiger partial charge is 0.275 e. The first kappa shape index (κ1) is 24.1. The molecule has 39 heavy (non-hydrogen) atoms. The van der Waals surface area contributed by atoms with Gasteiger partial charge in [0.05, 0.1) is 48.8 Å². The Morgan fingerprint density at radius 2 is 1.95 bits per heavy atom. The van der Waals surface area contributed by atoms with E-state index >= 15 is 0 Å². The summed E-state index contributed by atoms with van der Waals surface area (Å²) in [5, 5.41) is 18.6. The number of hydrogen-bond donors (Lipinski definition) is 1. The fourth-order valence-corrected chi connectivity index (χ4v) is 4.11. The van der Waals surface area contributed by atoms with Crippen LogP contribution in [0.5, 0.6) is 5.75 Å². The lowest BCUT2D eigenvalue weighted by Gasteiger charge is -2.30. The molecule has 0 unspecified atom stereocenters. The molecule has 1 N–H and O–H groups in total. The molecule has 0 bridgehead atoms. The number of hydrogen-bond acceptors (Lipinski definition) is 11.